The molecule has 0 radical (unpaired) electrons. The third kappa shape index (κ3) is 3.83. The largest absolute Gasteiger partial charge is 0.451 e. The van der Waals surface area contributed by atoms with E-state index in [2.05, 4.69) is 0 Å². The van der Waals surface area contributed by atoms with Gasteiger partial charge in [0, 0.05) is 18.0 Å². The number of anilines is 1. The number of sulfonamides is 1. The maximum absolute atomic E-state index is 13.0. The lowest BCUT2D eigenvalue weighted by atomic mass is 10.1. The predicted molar refractivity (Wildman–Crippen MR) is 118 cm³/mol. The van der Waals surface area contributed by atoms with Crippen LogP contribution < -0.4 is 4.31 Å². The molecule has 2 aromatic carbocycles. The Bertz CT molecular complexity index is 1300. The molecule has 1 saturated heterocycles. The van der Waals surface area contributed by atoms with Crippen LogP contribution in [0.25, 0.3) is 10.8 Å². The summed E-state index contributed by atoms with van der Waals surface area (Å²) in [6.45, 7) is 2.84. The second-order valence-electron chi connectivity index (χ2n) is 7.96. The van der Waals surface area contributed by atoms with Crippen LogP contribution in [0.5, 0.6) is 0 Å². The van der Waals surface area contributed by atoms with E-state index >= 15 is 0 Å². The van der Waals surface area contributed by atoms with Crippen LogP contribution in [0.15, 0.2) is 41.3 Å². The number of amides is 1. The molecule has 4 rings (SSSR count). The normalized spacial score (nSPS) is 21.4. The van der Waals surface area contributed by atoms with Crippen LogP contribution in [-0.2, 0) is 34.2 Å². The summed E-state index contributed by atoms with van der Waals surface area (Å²) in [6, 6.07) is 9.60. The smallest absolute Gasteiger partial charge is 0.327 e. The van der Waals surface area contributed by atoms with E-state index in [1.807, 2.05) is 0 Å². The number of likely N-dealkylation sites (N-methyl/N-ethyl adjacent to an activating group) is 1. The van der Waals surface area contributed by atoms with Gasteiger partial charge in [-0.1, -0.05) is 24.3 Å². The third-order valence-corrected chi connectivity index (χ3v) is 9.44. The van der Waals surface area contributed by atoms with Crippen LogP contribution in [0.3, 0.4) is 0 Å². The van der Waals surface area contributed by atoms with E-state index in [0.717, 1.165) is 9.69 Å². The fraction of sp³-hybridized carbons (Fsp3) is 0.429. The lowest BCUT2D eigenvalue weighted by Crippen LogP contribution is -2.47. The van der Waals surface area contributed by atoms with Crippen LogP contribution in [-0.4, -0.2) is 70.4 Å². The lowest BCUT2D eigenvalue weighted by Gasteiger charge is -2.29. The minimum atomic E-state index is -3.93. The number of esters is 1. The molecule has 2 aliphatic heterocycles. The summed E-state index contributed by atoms with van der Waals surface area (Å²) in [5.74, 6) is -1.46. The molecule has 0 aliphatic carbocycles. The van der Waals surface area contributed by atoms with Gasteiger partial charge in [-0.3, -0.25) is 13.9 Å². The minimum absolute atomic E-state index is 0.0224. The molecular formula is C21H24N2O7S2. The van der Waals surface area contributed by atoms with Gasteiger partial charge in [-0.15, -0.1) is 0 Å². The van der Waals surface area contributed by atoms with Crippen molar-refractivity contribution in [1.82, 2.24) is 4.90 Å². The molecule has 2 heterocycles. The maximum Gasteiger partial charge on any atom is 0.327 e. The molecule has 0 bridgehead atoms. The van der Waals surface area contributed by atoms with E-state index in [4.69, 9.17) is 4.74 Å². The monoisotopic (exact) mass is 480 g/mol. The fourth-order valence-electron chi connectivity index (χ4n) is 4.38. The lowest BCUT2D eigenvalue weighted by molar-refractivity contribution is -0.158. The van der Waals surface area contributed by atoms with Gasteiger partial charge in [-0.2, -0.15) is 0 Å². The quantitative estimate of drug-likeness (QED) is 0.572. The maximum atomic E-state index is 13.0. The van der Waals surface area contributed by atoms with Gasteiger partial charge in [0.25, 0.3) is 15.9 Å². The Labute approximate surface area is 186 Å². The number of hydrogen-bond donors (Lipinski definition) is 0. The van der Waals surface area contributed by atoms with Gasteiger partial charge in [0.1, 0.15) is 6.54 Å². The number of benzene rings is 2. The van der Waals surface area contributed by atoms with Gasteiger partial charge in [-0.05, 0) is 37.8 Å². The van der Waals surface area contributed by atoms with Crippen molar-refractivity contribution in [3.63, 3.8) is 0 Å². The third-order valence-electron chi connectivity index (χ3n) is 5.88. The summed E-state index contributed by atoms with van der Waals surface area (Å²) >= 11 is 0. The van der Waals surface area contributed by atoms with Gasteiger partial charge in [0.2, 0.25) is 0 Å². The summed E-state index contributed by atoms with van der Waals surface area (Å²) in [6.07, 6.45) is -0.828. The number of ether oxygens (including phenoxy) is 1. The highest BCUT2D eigenvalue weighted by molar-refractivity contribution is 7.93. The zero-order valence-electron chi connectivity index (χ0n) is 17.7. The molecular weight excluding hydrogens is 456 g/mol. The molecule has 0 spiro atoms. The summed E-state index contributed by atoms with van der Waals surface area (Å²) < 4.78 is 55.8. The first-order valence-corrected chi connectivity index (χ1v) is 13.6. The molecule has 0 saturated carbocycles. The highest BCUT2D eigenvalue weighted by atomic mass is 32.2. The van der Waals surface area contributed by atoms with Crippen LogP contribution in [0.2, 0.25) is 0 Å². The Hall–Kier alpha value is -2.66. The molecule has 1 amide bonds. The highest BCUT2D eigenvalue weighted by Gasteiger charge is 2.39. The molecule has 172 valence electrons. The van der Waals surface area contributed by atoms with Gasteiger partial charge in [0.05, 0.1) is 22.1 Å². The first-order valence-electron chi connectivity index (χ1n) is 10.3. The van der Waals surface area contributed by atoms with E-state index in [9.17, 15) is 26.4 Å². The molecule has 2 unspecified atom stereocenters. The van der Waals surface area contributed by atoms with Gasteiger partial charge in [0.15, 0.2) is 15.9 Å². The van der Waals surface area contributed by atoms with E-state index in [1.54, 1.807) is 37.3 Å². The van der Waals surface area contributed by atoms with E-state index in [-0.39, 0.29) is 22.9 Å². The van der Waals surface area contributed by atoms with Crippen molar-refractivity contribution in [3.05, 3.63) is 36.4 Å². The summed E-state index contributed by atoms with van der Waals surface area (Å²) in [7, 11) is -7.11. The Morgan fingerprint density at radius 3 is 2.47 bits per heavy atom. The van der Waals surface area contributed by atoms with Crippen molar-refractivity contribution in [2.45, 2.75) is 37.3 Å². The van der Waals surface area contributed by atoms with Crippen molar-refractivity contribution in [2.24, 2.45) is 0 Å². The molecule has 32 heavy (non-hydrogen) atoms. The zero-order chi connectivity index (χ0) is 23.3. The second kappa shape index (κ2) is 8.04. The number of nitrogens with zero attached hydrogens (tertiary/aromatic N) is 2. The molecule has 9 nitrogen and oxygen atoms in total. The Morgan fingerprint density at radius 1 is 1.16 bits per heavy atom. The van der Waals surface area contributed by atoms with Crippen LogP contribution in [0, 0.1) is 0 Å². The van der Waals surface area contributed by atoms with E-state index in [1.165, 1.54) is 17.9 Å². The number of rotatable bonds is 6. The Kier molecular flexibility index (Phi) is 5.66. The molecule has 0 N–H and O–H groups in total. The molecule has 2 aliphatic rings. The first-order chi connectivity index (χ1) is 15.0. The van der Waals surface area contributed by atoms with Crippen molar-refractivity contribution in [1.29, 1.82) is 0 Å². The van der Waals surface area contributed by atoms with Gasteiger partial charge < -0.3 is 9.64 Å². The molecule has 2 atom stereocenters. The zero-order valence-corrected chi connectivity index (χ0v) is 19.4. The Balaban J connectivity index is 1.48. The minimum Gasteiger partial charge on any atom is -0.451 e. The van der Waals surface area contributed by atoms with Crippen molar-refractivity contribution < 1.29 is 31.2 Å². The van der Waals surface area contributed by atoms with E-state index < -0.39 is 50.4 Å². The van der Waals surface area contributed by atoms with Gasteiger partial charge in [-0.25, -0.2) is 16.8 Å². The summed E-state index contributed by atoms with van der Waals surface area (Å²) in [5, 5.41) is 1.29. The van der Waals surface area contributed by atoms with Crippen LogP contribution in [0.1, 0.15) is 20.3 Å². The number of carbonyl (C=O) groups excluding carboxylic acids is 2. The summed E-state index contributed by atoms with van der Waals surface area (Å²) in [4.78, 5) is 27.0. The van der Waals surface area contributed by atoms with Crippen LogP contribution >= 0.6 is 0 Å². The Morgan fingerprint density at radius 2 is 1.84 bits per heavy atom. The molecule has 2 aromatic rings. The average molecular weight is 481 g/mol. The standard InChI is InChI=1S/C21H24N2O7S2/c1-3-22(16-10-11-31(26,27)13-16)21(25)14(2)30-19(24)12-23-17-8-4-6-15-7-5-9-18(20(15)17)32(23,28)29/h4-9,14,16H,3,10-13H2,1-2H3. The molecule has 1 fully saturated rings. The van der Waals surface area contributed by atoms with Crippen molar-refractivity contribution >= 4 is 48.2 Å². The molecule has 11 heteroatoms. The van der Waals surface area contributed by atoms with E-state index in [0.29, 0.717) is 17.5 Å². The number of sulfone groups is 1. The summed E-state index contributed by atoms with van der Waals surface area (Å²) in [5.41, 5.74) is 0.389. The second-order valence-corrected chi connectivity index (χ2v) is 12.0. The topological polar surface area (TPSA) is 118 Å². The van der Waals surface area contributed by atoms with Gasteiger partial charge >= 0.3 is 5.97 Å². The van der Waals surface area contributed by atoms with Crippen molar-refractivity contribution in [2.75, 3.05) is 28.9 Å². The molecule has 0 aromatic heterocycles. The number of hydrogen-bond acceptors (Lipinski definition) is 7. The predicted octanol–water partition coefficient (Wildman–Crippen LogP) is 1.32. The van der Waals surface area contributed by atoms with Crippen molar-refractivity contribution in [3.8, 4) is 0 Å². The SMILES string of the molecule is CCN(C(=O)C(C)OC(=O)CN1c2cccc3cccc(c23)S1(=O)=O)C1CCS(=O)(=O)C1. The first kappa shape index (κ1) is 22.5. The average Bonchev–Trinajstić information content (AvgIpc) is 3.19. The highest BCUT2D eigenvalue weighted by Crippen LogP contribution is 2.41. The number of carbonyl (C=O) groups is 2. The fourth-order valence-corrected chi connectivity index (χ4v) is 7.76. The van der Waals surface area contributed by atoms with Crippen LogP contribution in [0.4, 0.5) is 5.69 Å².